The average molecular weight is 1300 g/mol. The minimum atomic E-state index is -5.65. The Kier molecular flexibility index (Phi) is 38.6. The van der Waals surface area contributed by atoms with E-state index in [9.17, 15) is 40.4 Å². The van der Waals surface area contributed by atoms with Gasteiger partial charge in [0.25, 0.3) is 5.91 Å². The van der Waals surface area contributed by atoms with Crippen molar-refractivity contribution in [2.24, 2.45) is 10.7 Å². The summed E-state index contributed by atoms with van der Waals surface area (Å²) in [5.41, 5.74) is 9.68. The number of nitrogens with two attached hydrogens (primary N) is 1. The Labute approximate surface area is 514 Å². The first-order valence-electron chi connectivity index (χ1n) is 28.9. The van der Waals surface area contributed by atoms with E-state index in [4.69, 9.17) is 76.7 Å². The van der Waals surface area contributed by atoms with Crippen molar-refractivity contribution in [1.29, 1.82) is 0 Å². The van der Waals surface area contributed by atoms with E-state index in [2.05, 4.69) is 25.0 Å². The van der Waals surface area contributed by atoms with Gasteiger partial charge in [-0.05, 0) is 31.1 Å². The number of halogens is 4. The molecule has 0 fully saturated rings. The summed E-state index contributed by atoms with van der Waals surface area (Å²) in [5.74, 6) is -12.3. The summed E-state index contributed by atoms with van der Waals surface area (Å²) < 4.78 is 162. The van der Waals surface area contributed by atoms with Crippen molar-refractivity contribution in [2.75, 3.05) is 185 Å². The van der Waals surface area contributed by atoms with Gasteiger partial charge in [-0.1, -0.05) is 19.1 Å². The van der Waals surface area contributed by atoms with E-state index in [0.29, 0.717) is 168 Å². The number of fused-ring (bicyclic) bond motifs is 1. The van der Waals surface area contributed by atoms with Crippen LogP contribution in [0.4, 0.5) is 23.2 Å². The number of carbonyl (C=O) groups excluding carboxylic acids is 3. The lowest BCUT2D eigenvalue weighted by Gasteiger charge is -2.21. The Bertz CT molecular complexity index is 2690. The average Bonchev–Trinajstić information content (AvgIpc) is 1.10. The Morgan fingerprint density at radius 3 is 1.38 bits per heavy atom. The van der Waals surface area contributed by atoms with Crippen LogP contribution in [-0.2, 0) is 97.5 Å². The van der Waals surface area contributed by atoms with E-state index in [-0.39, 0.29) is 70.8 Å². The van der Waals surface area contributed by atoms with E-state index in [0.717, 1.165) is 23.1 Å². The summed E-state index contributed by atoms with van der Waals surface area (Å²) in [4.78, 5) is 54.1. The number of aliphatic imine (C=N–C) groups is 1. The molecule has 0 saturated carbocycles. The lowest BCUT2D eigenvalue weighted by Crippen LogP contribution is -2.34. The number of esters is 1. The molecule has 4 rings (SSSR count). The van der Waals surface area contributed by atoms with Crippen LogP contribution in [0.3, 0.4) is 0 Å². The molecule has 0 spiro atoms. The quantitative estimate of drug-likeness (QED) is 0.0136. The molecule has 89 heavy (non-hydrogen) atoms. The van der Waals surface area contributed by atoms with E-state index < -0.39 is 56.4 Å². The third kappa shape index (κ3) is 31.2. The van der Waals surface area contributed by atoms with E-state index in [1.165, 1.54) is 5.06 Å². The topological polar surface area (TPSA) is 323 Å². The van der Waals surface area contributed by atoms with Crippen molar-refractivity contribution in [3.05, 3.63) is 70.8 Å². The third-order valence-electron chi connectivity index (χ3n) is 11.7. The fraction of sp³-hybridized carbons (Fsp3) is 0.614. The number of amides is 2. The van der Waals surface area contributed by atoms with Crippen LogP contribution < -0.4 is 15.8 Å². The molecule has 1 aromatic heterocycles. The number of amidine groups is 1. The molecule has 0 saturated heterocycles. The molecule has 2 aromatic carbocycles. The normalized spacial score (nSPS) is 12.4. The van der Waals surface area contributed by atoms with E-state index in [1.54, 1.807) is 18.5 Å². The molecule has 1 aliphatic rings. The maximum atomic E-state index is 14.0. The van der Waals surface area contributed by atoms with Crippen LogP contribution >= 0.6 is 0 Å². The summed E-state index contributed by atoms with van der Waals surface area (Å²) in [5, 5.41) is 4.18. The summed E-state index contributed by atoms with van der Waals surface area (Å²) in [7, 11) is -5.65. The number of hydrogen-bond acceptors (Lipinski definition) is 24. The van der Waals surface area contributed by atoms with Gasteiger partial charge < -0.3 is 77.4 Å². The fourth-order valence-corrected chi connectivity index (χ4v) is 8.08. The number of benzene rings is 2. The third-order valence-corrected chi connectivity index (χ3v) is 12.6. The zero-order valence-electron chi connectivity index (χ0n) is 50.2. The maximum absolute atomic E-state index is 14.0. The van der Waals surface area contributed by atoms with Gasteiger partial charge in [-0.15, -0.1) is 0 Å². The summed E-state index contributed by atoms with van der Waals surface area (Å²) in [6.07, 6.45) is 5.70. The van der Waals surface area contributed by atoms with Crippen LogP contribution in [0.5, 0.6) is 5.75 Å². The molecular weight excluding hydrogens is 1210 g/mol. The van der Waals surface area contributed by atoms with Crippen molar-refractivity contribution < 1.29 is 116 Å². The van der Waals surface area contributed by atoms with Crippen molar-refractivity contribution in [2.45, 2.75) is 51.0 Å². The lowest BCUT2D eigenvalue weighted by atomic mass is 10.0. The molecule has 2 amide bonds. The lowest BCUT2D eigenvalue weighted by molar-refractivity contribution is -0.180. The molecule has 0 aliphatic carbocycles. The number of rotatable bonds is 52. The summed E-state index contributed by atoms with van der Waals surface area (Å²) >= 11 is 0. The summed E-state index contributed by atoms with van der Waals surface area (Å²) in [6, 6.07) is 5.66. The van der Waals surface area contributed by atoms with Gasteiger partial charge in [0, 0.05) is 48.5 Å². The monoisotopic (exact) mass is 1290 g/mol. The molecule has 3 aromatic rings. The van der Waals surface area contributed by atoms with Crippen LogP contribution in [-0.4, -0.2) is 237 Å². The van der Waals surface area contributed by atoms with Gasteiger partial charge in [0.05, 0.1) is 197 Å². The first-order valence-corrected chi connectivity index (χ1v) is 30.3. The number of ether oxygens (including phenoxy) is 14. The van der Waals surface area contributed by atoms with Crippen molar-refractivity contribution in [1.82, 2.24) is 20.3 Å². The van der Waals surface area contributed by atoms with Crippen LogP contribution in [0.25, 0.3) is 17.2 Å². The maximum Gasteiger partial charge on any atom is 0.313 e. The highest BCUT2D eigenvalue weighted by atomic mass is 32.2. The van der Waals surface area contributed by atoms with Crippen LogP contribution in [0.2, 0.25) is 0 Å². The van der Waals surface area contributed by atoms with Gasteiger partial charge in [0.15, 0.2) is 16.5 Å². The second-order valence-corrected chi connectivity index (χ2v) is 19.9. The molecule has 2 heterocycles. The first kappa shape index (κ1) is 75.7. The fourth-order valence-electron chi connectivity index (χ4n) is 7.45. The first-order chi connectivity index (χ1) is 43.1. The molecule has 0 unspecified atom stereocenters. The predicted molar refractivity (Wildman–Crippen MR) is 308 cm³/mol. The van der Waals surface area contributed by atoms with Crippen molar-refractivity contribution in [3.63, 3.8) is 0 Å². The number of carbonyl (C=O) groups is 3. The molecule has 0 atom stereocenters. The van der Waals surface area contributed by atoms with E-state index in [1.807, 2.05) is 32.0 Å². The van der Waals surface area contributed by atoms with Crippen LogP contribution in [0.1, 0.15) is 50.9 Å². The molecule has 0 bridgehead atoms. The Morgan fingerprint density at radius 2 is 0.989 bits per heavy atom. The highest BCUT2D eigenvalue weighted by Gasteiger charge is 2.34. The highest BCUT2D eigenvalue weighted by Crippen LogP contribution is 2.34. The molecular formula is C57H82F4N6O21S. The largest absolute Gasteiger partial charge is 0.420 e. The summed E-state index contributed by atoms with van der Waals surface area (Å²) in [6.45, 7) is 13.2. The van der Waals surface area contributed by atoms with Crippen LogP contribution in [0, 0.1) is 23.3 Å². The number of nitrogens with one attached hydrogen (secondary N) is 1. The number of aromatic nitrogens is 2. The number of nitrogens with zero attached hydrogens (tertiary/aromatic N) is 4. The van der Waals surface area contributed by atoms with Crippen LogP contribution in [0.15, 0.2) is 46.1 Å². The predicted octanol–water partition coefficient (Wildman–Crippen LogP) is 4.13. The smallest absolute Gasteiger partial charge is 0.313 e. The Balaban J connectivity index is 0.811. The van der Waals surface area contributed by atoms with Gasteiger partial charge in [0.2, 0.25) is 23.3 Å². The minimum Gasteiger partial charge on any atom is -0.420 e. The molecule has 500 valence electrons. The molecule has 32 heteroatoms. The van der Waals surface area contributed by atoms with Crippen molar-refractivity contribution in [3.8, 4) is 16.9 Å². The standard InChI is InChI=1S/C57H82F4N6O21S/c1-3-9-67(87-4-2)57(70)44-36-43-6-5-42(37-46(43)66-47(62)38-44)45-39-63-48(64-40-45)41-65-49(68)7-10-74-12-14-76-16-18-78-20-22-80-24-26-82-28-30-84-32-34-86-35-33-85-31-29-83-27-25-81-23-21-79-19-17-77-15-13-75-11-8-50(69)88-55-51(58)53(60)56(89(71,72)73)54(61)52(55)59/h5-6,36-37,39-40H,3-4,7-35,38,41H2,1-2H3,(H2,62,66)(H,65,68)(H,71,72,73). The van der Waals surface area contributed by atoms with Crippen molar-refractivity contribution >= 4 is 45.5 Å². The second kappa shape index (κ2) is 45.5. The molecule has 27 nitrogen and oxygen atoms in total. The van der Waals surface area contributed by atoms with Gasteiger partial charge in [-0.3, -0.25) is 23.8 Å². The Hall–Kier alpha value is -5.79. The van der Waals surface area contributed by atoms with Gasteiger partial charge in [0.1, 0.15) is 11.7 Å². The highest BCUT2D eigenvalue weighted by molar-refractivity contribution is 7.85. The molecule has 0 radical (unpaired) electrons. The zero-order chi connectivity index (χ0) is 64.3. The number of hydroxylamine groups is 2. The number of hydrogen-bond donors (Lipinski definition) is 3. The zero-order valence-corrected chi connectivity index (χ0v) is 51.0. The second-order valence-electron chi connectivity index (χ2n) is 18.5. The molecule has 4 N–H and O–H groups in total. The minimum absolute atomic E-state index is 0.0170. The van der Waals surface area contributed by atoms with E-state index >= 15 is 0 Å². The van der Waals surface area contributed by atoms with Gasteiger partial charge >= 0.3 is 16.1 Å². The van der Waals surface area contributed by atoms with Gasteiger partial charge in [-0.2, -0.15) is 17.2 Å². The Morgan fingerprint density at radius 1 is 0.584 bits per heavy atom. The van der Waals surface area contributed by atoms with Gasteiger partial charge in [-0.25, -0.2) is 28.8 Å². The molecule has 1 aliphatic heterocycles. The SMILES string of the molecule is CCCN(OCC)C(=O)C1=Cc2ccc(-c3cnc(CNC(=O)CCOCCOCCOCCOCCOCCOCCOCCOCCOCCOCCOCCOCCOCCC(=O)Oc4c(F)c(F)c(S(=O)(=O)O)c(F)c4F)nc3)cc2N=C(N)C1.